The van der Waals surface area contributed by atoms with Crippen LogP contribution in [0.15, 0.2) is 36.4 Å². The predicted molar refractivity (Wildman–Crippen MR) is 77.1 cm³/mol. The van der Waals surface area contributed by atoms with Crippen LogP contribution in [0.4, 0.5) is 0 Å². The highest BCUT2D eigenvalue weighted by molar-refractivity contribution is 6.33. The van der Waals surface area contributed by atoms with Crippen molar-refractivity contribution in [1.82, 2.24) is 4.57 Å². The Kier molecular flexibility index (Phi) is 3.17. The number of benzene rings is 1. The van der Waals surface area contributed by atoms with Crippen LogP contribution in [0.5, 0.6) is 0 Å². The molecular formula is C16H18ClN. The molecule has 1 saturated carbocycles. The number of halogens is 1. The first-order chi connectivity index (χ1) is 8.77. The number of nitrogens with zero attached hydrogens (tertiary/aromatic N) is 1. The van der Waals surface area contributed by atoms with Crippen LogP contribution in [0.1, 0.15) is 37.4 Å². The highest BCUT2D eigenvalue weighted by Crippen LogP contribution is 2.37. The lowest BCUT2D eigenvalue weighted by molar-refractivity contribution is 0.515. The third-order valence-corrected chi connectivity index (χ3v) is 4.29. The summed E-state index contributed by atoms with van der Waals surface area (Å²) < 4.78 is 2.48. The van der Waals surface area contributed by atoms with E-state index in [-0.39, 0.29) is 0 Å². The van der Waals surface area contributed by atoms with Gasteiger partial charge in [-0.15, -0.1) is 0 Å². The molecule has 0 spiro atoms. The molecule has 1 aromatic heterocycles. The SMILES string of the molecule is Cc1ccc(-c2ccccc2Cl)n1C1CCCC1. The second kappa shape index (κ2) is 4.81. The van der Waals surface area contributed by atoms with Gasteiger partial charge in [-0.1, -0.05) is 42.6 Å². The Balaban J connectivity index is 2.10. The molecule has 0 unspecified atom stereocenters. The molecule has 0 atom stereocenters. The molecule has 0 N–H and O–H groups in total. The maximum Gasteiger partial charge on any atom is 0.0500 e. The molecule has 1 heterocycles. The number of rotatable bonds is 2. The Morgan fingerprint density at radius 1 is 1.06 bits per heavy atom. The van der Waals surface area contributed by atoms with E-state index in [0.29, 0.717) is 6.04 Å². The summed E-state index contributed by atoms with van der Waals surface area (Å²) in [5, 5.41) is 0.842. The highest BCUT2D eigenvalue weighted by atomic mass is 35.5. The first-order valence-electron chi connectivity index (χ1n) is 6.70. The summed E-state index contributed by atoms with van der Waals surface area (Å²) in [6, 6.07) is 13.2. The molecule has 3 rings (SSSR count). The van der Waals surface area contributed by atoms with Gasteiger partial charge in [-0.3, -0.25) is 0 Å². The van der Waals surface area contributed by atoms with E-state index in [4.69, 9.17) is 11.6 Å². The Morgan fingerprint density at radius 3 is 2.50 bits per heavy atom. The van der Waals surface area contributed by atoms with Gasteiger partial charge in [0.15, 0.2) is 0 Å². The van der Waals surface area contributed by atoms with E-state index in [9.17, 15) is 0 Å². The van der Waals surface area contributed by atoms with E-state index in [1.165, 1.54) is 37.1 Å². The van der Waals surface area contributed by atoms with Crippen molar-refractivity contribution in [1.29, 1.82) is 0 Å². The lowest BCUT2D eigenvalue weighted by Crippen LogP contribution is -2.08. The molecule has 0 radical (unpaired) electrons. The minimum atomic E-state index is 0.659. The fourth-order valence-corrected chi connectivity index (χ4v) is 3.32. The van der Waals surface area contributed by atoms with Crippen molar-refractivity contribution >= 4 is 11.6 Å². The van der Waals surface area contributed by atoms with E-state index in [1.54, 1.807) is 0 Å². The fraction of sp³-hybridized carbons (Fsp3) is 0.375. The maximum absolute atomic E-state index is 6.33. The minimum Gasteiger partial charge on any atom is -0.342 e. The van der Waals surface area contributed by atoms with Crippen LogP contribution in [-0.2, 0) is 0 Å². The van der Waals surface area contributed by atoms with E-state index in [2.05, 4.69) is 35.8 Å². The second-order valence-corrected chi connectivity index (χ2v) is 5.56. The van der Waals surface area contributed by atoms with Crippen LogP contribution >= 0.6 is 11.6 Å². The van der Waals surface area contributed by atoms with Gasteiger partial charge in [0.05, 0.1) is 0 Å². The van der Waals surface area contributed by atoms with E-state index >= 15 is 0 Å². The third kappa shape index (κ3) is 1.97. The number of hydrogen-bond donors (Lipinski definition) is 0. The monoisotopic (exact) mass is 259 g/mol. The zero-order chi connectivity index (χ0) is 12.5. The molecule has 2 heteroatoms. The van der Waals surface area contributed by atoms with Gasteiger partial charge in [0.25, 0.3) is 0 Å². The molecule has 1 aromatic carbocycles. The van der Waals surface area contributed by atoms with Crippen LogP contribution in [0.25, 0.3) is 11.3 Å². The van der Waals surface area contributed by atoms with Gasteiger partial charge in [-0.05, 0) is 38.0 Å². The van der Waals surface area contributed by atoms with Gasteiger partial charge in [-0.25, -0.2) is 0 Å². The number of hydrogen-bond acceptors (Lipinski definition) is 0. The lowest BCUT2D eigenvalue weighted by Gasteiger charge is -2.19. The normalized spacial score (nSPS) is 16.3. The smallest absolute Gasteiger partial charge is 0.0500 e. The maximum atomic E-state index is 6.33. The summed E-state index contributed by atoms with van der Waals surface area (Å²) in [5.41, 5.74) is 3.76. The van der Waals surface area contributed by atoms with E-state index in [1.807, 2.05) is 12.1 Å². The van der Waals surface area contributed by atoms with E-state index < -0.39 is 0 Å². The Labute approximate surface area is 113 Å². The van der Waals surface area contributed by atoms with Crippen LogP contribution in [0, 0.1) is 6.92 Å². The number of aryl methyl sites for hydroxylation is 1. The van der Waals surface area contributed by atoms with Crippen molar-refractivity contribution in [2.24, 2.45) is 0 Å². The summed E-state index contributed by atoms with van der Waals surface area (Å²) in [7, 11) is 0. The molecule has 94 valence electrons. The van der Waals surface area contributed by atoms with Crippen LogP contribution in [0.2, 0.25) is 5.02 Å². The van der Waals surface area contributed by atoms with Crippen LogP contribution in [0.3, 0.4) is 0 Å². The Morgan fingerprint density at radius 2 is 1.78 bits per heavy atom. The van der Waals surface area contributed by atoms with Crippen molar-refractivity contribution < 1.29 is 0 Å². The standard InChI is InChI=1S/C16H18ClN/c1-12-10-11-16(14-8-4-5-9-15(14)17)18(12)13-6-2-3-7-13/h4-5,8-11,13H,2-3,6-7H2,1H3. The molecule has 0 saturated heterocycles. The molecule has 1 fully saturated rings. The highest BCUT2D eigenvalue weighted by Gasteiger charge is 2.21. The largest absolute Gasteiger partial charge is 0.342 e. The first kappa shape index (κ1) is 11.9. The summed E-state index contributed by atoms with van der Waals surface area (Å²) in [6.45, 7) is 2.19. The molecule has 1 aliphatic rings. The minimum absolute atomic E-state index is 0.659. The van der Waals surface area contributed by atoms with E-state index in [0.717, 1.165) is 10.6 Å². The van der Waals surface area contributed by atoms with Gasteiger partial charge < -0.3 is 4.57 Å². The van der Waals surface area contributed by atoms with Gasteiger partial charge in [-0.2, -0.15) is 0 Å². The summed E-state index contributed by atoms with van der Waals surface area (Å²) >= 11 is 6.33. The Bertz CT molecular complexity index is 550. The molecule has 0 amide bonds. The van der Waals surface area contributed by atoms with Gasteiger partial charge in [0, 0.05) is 28.0 Å². The molecule has 0 aliphatic heterocycles. The van der Waals surface area contributed by atoms with Gasteiger partial charge >= 0.3 is 0 Å². The average molecular weight is 260 g/mol. The summed E-state index contributed by atoms with van der Waals surface area (Å²) in [6.07, 6.45) is 5.30. The third-order valence-electron chi connectivity index (χ3n) is 3.96. The fourth-order valence-electron chi connectivity index (χ4n) is 3.09. The van der Waals surface area contributed by atoms with Gasteiger partial charge in [0.2, 0.25) is 0 Å². The lowest BCUT2D eigenvalue weighted by atomic mass is 10.1. The van der Waals surface area contributed by atoms with Crippen LogP contribution < -0.4 is 0 Å². The zero-order valence-corrected chi connectivity index (χ0v) is 11.5. The zero-order valence-electron chi connectivity index (χ0n) is 10.7. The molecule has 1 nitrogen and oxygen atoms in total. The average Bonchev–Trinajstić information content (AvgIpc) is 2.98. The first-order valence-corrected chi connectivity index (χ1v) is 7.08. The van der Waals surface area contributed by atoms with Crippen molar-refractivity contribution in [3.63, 3.8) is 0 Å². The molecule has 1 aliphatic carbocycles. The Hall–Kier alpha value is -1.21. The topological polar surface area (TPSA) is 4.93 Å². The quantitative estimate of drug-likeness (QED) is 0.696. The summed E-state index contributed by atoms with van der Waals surface area (Å²) in [4.78, 5) is 0. The van der Waals surface area contributed by atoms with Crippen molar-refractivity contribution in [2.75, 3.05) is 0 Å². The van der Waals surface area contributed by atoms with Crippen LogP contribution in [-0.4, -0.2) is 4.57 Å². The molecule has 0 bridgehead atoms. The van der Waals surface area contributed by atoms with Crippen molar-refractivity contribution in [3.05, 3.63) is 47.1 Å². The van der Waals surface area contributed by atoms with Crippen molar-refractivity contribution in [3.8, 4) is 11.3 Å². The molecular weight excluding hydrogens is 242 g/mol. The summed E-state index contributed by atoms with van der Waals surface area (Å²) in [5.74, 6) is 0. The van der Waals surface area contributed by atoms with Crippen molar-refractivity contribution in [2.45, 2.75) is 38.6 Å². The molecule has 18 heavy (non-hydrogen) atoms. The number of aromatic nitrogens is 1. The predicted octanol–water partition coefficient (Wildman–Crippen LogP) is 5.23. The molecule has 2 aromatic rings. The second-order valence-electron chi connectivity index (χ2n) is 5.15. The van der Waals surface area contributed by atoms with Gasteiger partial charge in [0.1, 0.15) is 0 Å².